The maximum absolute atomic E-state index is 12.5. The Morgan fingerprint density at radius 1 is 0.689 bits per heavy atom. The lowest BCUT2D eigenvalue weighted by molar-refractivity contribution is -0.139. The van der Waals surface area contributed by atoms with Gasteiger partial charge in [-0.2, -0.15) is 0 Å². The number of carbonyl (C=O) groups excluding carboxylic acids is 2. The second-order valence-corrected chi connectivity index (χ2v) is 11.2. The van der Waals surface area contributed by atoms with Crippen LogP contribution in [0.5, 0.6) is 11.5 Å². The molecule has 4 aromatic carbocycles. The second kappa shape index (κ2) is 14.4. The molecule has 0 fully saturated rings. The van der Waals surface area contributed by atoms with Crippen LogP contribution >= 0.6 is 15.9 Å². The van der Waals surface area contributed by atoms with Crippen molar-refractivity contribution in [3.63, 3.8) is 0 Å². The normalized spacial score (nSPS) is 14.6. The minimum absolute atomic E-state index is 0.207. The van der Waals surface area contributed by atoms with E-state index in [1.807, 2.05) is 111 Å². The summed E-state index contributed by atoms with van der Waals surface area (Å²) in [6, 6.07) is 31.7. The van der Waals surface area contributed by atoms with E-state index in [0.29, 0.717) is 25.2 Å². The Labute approximate surface area is 272 Å². The van der Waals surface area contributed by atoms with Gasteiger partial charge in [0.2, 0.25) is 0 Å². The maximum atomic E-state index is 12.5. The summed E-state index contributed by atoms with van der Waals surface area (Å²) in [4.78, 5) is 24.7. The van der Waals surface area contributed by atoms with Gasteiger partial charge in [-0.1, -0.05) is 88.7 Å². The zero-order valence-corrected chi connectivity index (χ0v) is 27.3. The van der Waals surface area contributed by atoms with Crippen molar-refractivity contribution < 1.29 is 28.5 Å². The standard InChI is InChI=1S/C19H17BrO3.C19H18O3/c1-3-23-19(21)17-16(12-7-5-4-6-8-12)14-10-9-13(22-2)11-15(14)18(17)20;1-3-22-19(20)17-12-14-11-15(21-2)9-10-16(14)18(17)13-7-5-4-6-8-13/h4-11,18H,3H2,1-2H3;4-11H,3,12H2,1-2H3. The Bertz CT molecular complexity index is 1760. The fourth-order valence-electron chi connectivity index (χ4n) is 5.72. The highest BCUT2D eigenvalue weighted by atomic mass is 79.9. The van der Waals surface area contributed by atoms with Gasteiger partial charge in [-0.05, 0) is 77.1 Å². The van der Waals surface area contributed by atoms with E-state index in [2.05, 4.69) is 15.9 Å². The number of halogens is 1. The third kappa shape index (κ3) is 6.59. The number of esters is 2. The highest BCUT2D eigenvalue weighted by Gasteiger charge is 2.35. The number of ether oxygens (including phenoxy) is 4. The van der Waals surface area contributed by atoms with Crippen molar-refractivity contribution in [2.45, 2.75) is 25.1 Å². The number of fused-ring (bicyclic) bond motifs is 2. The second-order valence-electron chi connectivity index (χ2n) is 10.3. The van der Waals surface area contributed by atoms with E-state index >= 15 is 0 Å². The number of alkyl halides is 1. The zero-order valence-electron chi connectivity index (χ0n) is 25.8. The summed E-state index contributed by atoms with van der Waals surface area (Å²) in [6.07, 6.45) is 0.579. The van der Waals surface area contributed by atoms with E-state index in [-0.39, 0.29) is 16.8 Å². The van der Waals surface area contributed by atoms with Crippen molar-refractivity contribution >= 4 is 39.0 Å². The lowest BCUT2D eigenvalue weighted by atomic mass is 9.97. The number of hydrogen-bond acceptors (Lipinski definition) is 6. The molecular formula is C38H35BrO6. The lowest BCUT2D eigenvalue weighted by Crippen LogP contribution is -2.10. The van der Waals surface area contributed by atoms with Gasteiger partial charge in [0, 0.05) is 17.6 Å². The summed E-state index contributed by atoms with van der Waals surface area (Å²) in [5.74, 6) is 1.04. The van der Waals surface area contributed by atoms with Crippen LogP contribution in [0.2, 0.25) is 0 Å². The molecule has 0 heterocycles. The van der Waals surface area contributed by atoms with Gasteiger partial charge in [-0.15, -0.1) is 0 Å². The van der Waals surface area contributed by atoms with Crippen molar-refractivity contribution in [3.05, 3.63) is 142 Å². The number of rotatable bonds is 8. The first-order valence-corrected chi connectivity index (χ1v) is 15.7. The molecule has 0 spiro atoms. The summed E-state index contributed by atoms with van der Waals surface area (Å²) < 4.78 is 21.1. The first kappa shape index (κ1) is 31.8. The topological polar surface area (TPSA) is 71.1 Å². The molecule has 0 bridgehead atoms. The van der Waals surface area contributed by atoms with Crippen molar-refractivity contribution in [3.8, 4) is 11.5 Å². The lowest BCUT2D eigenvalue weighted by Gasteiger charge is -2.10. The number of methoxy groups -OCH3 is 2. The van der Waals surface area contributed by atoms with Gasteiger partial charge in [0.05, 0.1) is 37.8 Å². The van der Waals surface area contributed by atoms with Crippen molar-refractivity contribution in [2.75, 3.05) is 27.4 Å². The molecule has 6 nitrogen and oxygen atoms in total. The fraction of sp³-hybridized carbons (Fsp3) is 0.211. The summed E-state index contributed by atoms with van der Waals surface area (Å²) in [6.45, 7) is 4.37. The fourth-order valence-corrected chi connectivity index (χ4v) is 6.51. The Kier molecular flexibility index (Phi) is 10.2. The molecule has 4 aromatic rings. The van der Waals surface area contributed by atoms with E-state index in [9.17, 15) is 9.59 Å². The molecule has 0 aromatic heterocycles. The molecule has 2 aliphatic rings. The quantitative estimate of drug-likeness (QED) is 0.140. The Hall–Kier alpha value is -4.62. The summed E-state index contributed by atoms with van der Waals surface area (Å²) in [7, 11) is 3.28. The number of carbonyl (C=O) groups is 2. The van der Waals surface area contributed by atoms with Crippen LogP contribution in [0.15, 0.2) is 108 Å². The van der Waals surface area contributed by atoms with E-state index < -0.39 is 0 Å². The molecule has 0 saturated carbocycles. The monoisotopic (exact) mass is 666 g/mol. The van der Waals surface area contributed by atoms with Crippen molar-refractivity contribution in [1.82, 2.24) is 0 Å². The minimum Gasteiger partial charge on any atom is -0.497 e. The highest BCUT2D eigenvalue weighted by Crippen LogP contribution is 2.49. The molecule has 6 rings (SSSR count). The van der Waals surface area contributed by atoms with Gasteiger partial charge < -0.3 is 18.9 Å². The average Bonchev–Trinajstić information content (AvgIpc) is 3.60. The van der Waals surface area contributed by atoms with Crippen LogP contribution in [0.1, 0.15) is 52.1 Å². The smallest absolute Gasteiger partial charge is 0.336 e. The summed E-state index contributed by atoms with van der Waals surface area (Å²) >= 11 is 3.66. The molecule has 1 unspecified atom stereocenters. The molecule has 0 radical (unpaired) electrons. The van der Waals surface area contributed by atoms with Crippen molar-refractivity contribution in [2.24, 2.45) is 0 Å². The molecule has 0 amide bonds. The third-order valence-corrected chi connectivity index (χ3v) is 8.67. The largest absolute Gasteiger partial charge is 0.497 e. The van der Waals surface area contributed by atoms with Crippen LogP contribution in [0.3, 0.4) is 0 Å². The number of hydrogen-bond donors (Lipinski definition) is 0. The van der Waals surface area contributed by atoms with Crippen LogP contribution in [0.4, 0.5) is 0 Å². The van der Waals surface area contributed by atoms with Crippen LogP contribution < -0.4 is 9.47 Å². The molecule has 0 aliphatic heterocycles. The molecule has 45 heavy (non-hydrogen) atoms. The molecule has 1 atom stereocenters. The zero-order chi connectivity index (χ0) is 31.9. The number of benzene rings is 4. The summed E-state index contributed by atoms with van der Waals surface area (Å²) in [5, 5.41) is 0. The predicted molar refractivity (Wildman–Crippen MR) is 180 cm³/mol. The van der Waals surface area contributed by atoms with Crippen molar-refractivity contribution in [1.29, 1.82) is 0 Å². The maximum Gasteiger partial charge on any atom is 0.336 e. The SMILES string of the molecule is CCOC(=O)C1=C(c2ccccc2)c2ccc(OC)cc2C1.CCOC(=O)C1=C(c2ccccc2)c2ccc(OC)cc2C1Br. The summed E-state index contributed by atoms with van der Waals surface area (Å²) in [5.41, 5.74) is 9.51. The van der Waals surface area contributed by atoms with Gasteiger partial charge >= 0.3 is 11.9 Å². The van der Waals surface area contributed by atoms with E-state index in [1.54, 1.807) is 14.2 Å². The van der Waals surface area contributed by atoms with Crippen LogP contribution in [-0.2, 0) is 25.5 Å². The first-order chi connectivity index (χ1) is 21.9. The molecule has 2 aliphatic carbocycles. The molecular weight excluding hydrogens is 632 g/mol. The Morgan fingerprint density at radius 2 is 1.22 bits per heavy atom. The molecule has 7 heteroatoms. The van der Waals surface area contributed by atoms with Crippen LogP contribution in [0, 0.1) is 0 Å². The van der Waals surface area contributed by atoms with E-state index in [0.717, 1.165) is 61.6 Å². The van der Waals surface area contributed by atoms with Gasteiger partial charge in [0.25, 0.3) is 0 Å². The highest BCUT2D eigenvalue weighted by molar-refractivity contribution is 9.09. The third-order valence-electron chi connectivity index (χ3n) is 7.72. The molecule has 0 saturated heterocycles. The Morgan fingerprint density at radius 3 is 1.80 bits per heavy atom. The van der Waals surface area contributed by atoms with E-state index in [1.165, 1.54) is 0 Å². The average molecular weight is 668 g/mol. The molecule has 230 valence electrons. The first-order valence-electron chi connectivity index (χ1n) is 14.8. The minimum atomic E-state index is -0.289. The van der Waals surface area contributed by atoms with Crippen LogP contribution in [-0.4, -0.2) is 39.4 Å². The molecule has 0 N–H and O–H groups in total. The Balaban J connectivity index is 0.000000178. The predicted octanol–water partition coefficient (Wildman–Crippen LogP) is 8.13. The van der Waals surface area contributed by atoms with E-state index in [4.69, 9.17) is 18.9 Å². The van der Waals surface area contributed by atoms with Gasteiger partial charge in [0.1, 0.15) is 11.5 Å². The van der Waals surface area contributed by atoms with Gasteiger partial charge in [0.15, 0.2) is 0 Å². The van der Waals surface area contributed by atoms with Gasteiger partial charge in [-0.3, -0.25) is 0 Å². The van der Waals surface area contributed by atoms with Gasteiger partial charge in [-0.25, -0.2) is 9.59 Å². The van der Waals surface area contributed by atoms with Crippen LogP contribution in [0.25, 0.3) is 11.1 Å².